The molecule has 5 nitrogen and oxygen atoms in total. The number of amides is 1. The van der Waals surface area contributed by atoms with Crippen LogP contribution in [0.2, 0.25) is 0 Å². The van der Waals surface area contributed by atoms with Crippen LogP contribution in [0.1, 0.15) is 31.5 Å². The van der Waals surface area contributed by atoms with Crippen LogP contribution in [0.5, 0.6) is 0 Å². The van der Waals surface area contributed by atoms with E-state index in [1.165, 1.54) is 24.6 Å². The number of carbonyl (C=O) groups is 1. The molecule has 0 radical (unpaired) electrons. The fraction of sp³-hybridized carbons (Fsp3) is 0.400. The van der Waals surface area contributed by atoms with Crippen molar-refractivity contribution in [3.63, 3.8) is 0 Å². The number of carbonyl (C=O) groups excluding carboxylic acids is 1. The van der Waals surface area contributed by atoms with E-state index < -0.39 is 0 Å². The Balaban J connectivity index is 1.60. The Morgan fingerprint density at radius 2 is 2.18 bits per heavy atom. The minimum Gasteiger partial charge on any atom is -0.324 e. The summed E-state index contributed by atoms with van der Waals surface area (Å²) in [6.45, 7) is 2.92. The van der Waals surface area contributed by atoms with Gasteiger partial charge in [-0.25, -0.2) is 0 Å². The van der Waals surface area contributed by atoms with Crippen LogP contribution in [-0.2, 0) is 11.3 Å². The number of aromatic nitrogens is 3. The molecule has 7 heteroatoms. The van der Waals surface area contributed by atoms with Gasteiger partial charge in [-0.1, -0.05) is 23.9 Å². The minimum absolute atomic E-state index is 0.0458. The lowest BCUT2D eigenvalue weighted by Crippen LogP contribution is -2.15. The maximum Gasteiger partial charge on any atom is 0.234 e. The van der Waals surface area contributed by atoms with Crippen molar-refractivity contribution in [2.24, 2.45) is 0 Å². The highest BCUT2D eigenvalue weighted by molar-refractivity contribution is 9.10. The van der Waals surface area contributed by atoms with Crippen molar-refractivity contribution in [3.8, 4) is 0 Å². The molecule has 0 bridgehead atoms. The molecule has 22 heavy (non-hydrogen) atoms. The van der Waals surface area contributed by atoms with Crippen molar-refractivity contribution >= 4 is 39.3 Å². The van der Waals surface area contributed by atoms with Gasteiger partial charge in [0.25, 0.3) is 0 Å². The number of benzene rings is 1. The molecule has 1 aliphatic rings. The number of nitrogens with zero attached hydrogens (tertiary/aromatic N) is 3. The predicted molar refractivity (Wildman–Crippen MR) is 91.2 cm³/mol. The molecule has 1 N–H and O–H groups in total. The number of rotatable bonds is 6. The third-order valence-electron chi connectivity index (χ3n) is 3.48. The zero-order valence-electron chi connectivity index (χ0n) is 12.3. The van der Waals surface area contributed by atoms with Gasteiger partial charge in [0, 0.05) is 16.9 Å². The number of anilines is 1. The lowest BCUT2D eigenvalue weighted by Gasteiger charge is -2.08. The molecule has 1 heterocycles. The van der Waals surface area contributed by atoms with E-state index in [1.54, 1.807) is 0 Å². The molecule has 116 valence electrons. The zero-order valence-corrected chi connectivity index (χ0v) is 14.7. The van der Waals surface area contributed by atoms with Crippen molar-refractivity contribution in [3.05, 3.63) is 34.6 Å². The normalized spacial score (nSPS) is 14.1. The van der Waals surface area contributed by atoms with E-state index in [0.29, 0.717) is 11.7 Å². The maximum absolute atomic E-state index is 12.1. The largest absolute Gasteiger partial charge is 0.324 e. The molecule has 0 atom stereocenters. The second-order valence-electron chi connectivity index (χ2n) is 5.18. The molecule has 1 saturated carbocycles. The van der Waals surface area contributed by atoms with Crippen LogP contribution >= 0.6 is 27.7 Å². The number of nitrogens with one attached hydrogen (secondary N) is 1. The van der Waals surface area contributed by atoms with E-state index in [2.05, 4.69) is 42.9 Å². The van der Waals surface area contributed by atoms with Crippen LogP contribution in [0.15, 0.2) is 33.9 Å². The molecular formula is C15H17BrN4OS. The Labute approximate surface area is 142 Å². The number of thioether (sulfide) groups is 1. The summed E-state index contributed by atoms with van der Waals surface area (Å²) >= 11 is 4.85. The first-order chi connectivity index (χ1) is 10.7. The number of hydrogen-bond acceptors (Lipinski definition) is 4. The summed E-state index contributed by atoms with van der Waals surface area (Å²) in [5.74, 6) is 1.91. The summed E-state index contributed by atoms with van der Waals surface area (Å²) in [6.07, 6.45) is 2.40. The van der Waals surface area contributed by atoms with Crippen molar-refractivity contribution < 1.29 is 4.79 Å². The summed E-state index contributed by atoms with van der Waals surface area (Å²) in [5, 5.41) is 12.2. The number of para-hydroxylation sites is 1. The lowest BCUT2D eigenvalue weighted by molar-refractivity contribution is -0.113. The van der Waals surface area contributed by atoms with Crippen molar-refractivity contribution in [1.29, 1.82) is 0 Å². The molecule has 0 spiro atoms. The molecule has 0 unspecified atom stereocenters. The molecular weight excluding hydrogens is 364 g/mol. The van der Waals surface area contributed by atoms with Gasteiger partial charge < -0.3 is 9.88 Å². The summed E-state index contributed by atoms with van der Waals surface area (Å²) < 4.78 is 3.00. The van der Waals surface area contributed by atoms with Crippen LogP contribution in [0.3, 0.4) is 0 Å². The van der Waals surface area contributed by atoms with Crippen LogP contribution in [0.4, 0.5) is 5.69 Å². The molecule has 1 fully saturated rings. The quantitative estimate of drug-likeness (QED) is 0.776. The molecule has 3 rings (SSSR count). The first-order valence-corrected chi connectivity index (χ1v) is 9.07. The molecule has 2 aromatic rings. The molecule has 1 aromatic heterocycles. The summed E-state index contributed by atoms with van der Waals surface area (Å²) in [4.78, 5) is 12.1. The van der Waals surface area contributed by atoms with Crippen molar-refractivity contribution in [1.82, 2.24) is 14.8 Å². The van der Waals surface area contributed by atoms with Gasteiger partial charge in [0.2, 0.25) is 5.91 Å². The Bertz CT molecular complexity index is 684. The second kappa shape index (κ2) is 6.83. The molecule has 1 aromatic carbocycles. The van der Waals surface area contributed by atoms with E-state index in [4.69, 9.17) is 0 Å². The van der Waals surface area contributed by atoms with Crippen LogP contribution in [0.25, 0.3) is 0 Å². The Morgan fingerprint density at radius 3 is 2.86 bits per heavy atom. The van der Waals surface area contributed by atoms with Crippen LogP contribution in [-0.4, -0.2) is 26.4 Å². The summed E-state index contributed by atoms with van der Waals surface area (Å²) in [7, 11) is 0. The van der Waals surface area contributed by atoms with Gasteiger partial charge in [0.15, 0.2) is 5.16 Å². The Morgan fingerprint density at radius 1 is 1.41 bits per heavy atom. The second-order valence-corrected chi connectivity index (χ2v) is 6.97. The molecule has 0 aliphatic heterocycles. The van der Waals surface area contributed by atoms with Crippen LogP contribution < -0.4 is 5.32 Å². The van der Waals surface area contributed by atoms with Crippen molar-refractivity contribution in [2.45, 2.75) is 37.4 Å². The summed E-state index contributed by atoms with van der Waals surface area (Å²) in [5.41, 5.74) is 0.781. The van der Waals surface area contributed by atoms with Gasteiger partial charge in [-0.15, -0.1) is 10.2 Å². The zero-order chi connectivity index (χ0) is 15.5. The van der Waals surface area contributed by atoms with Gasteiger partial charge in [0.05, 0.1) is 11.4 Å². The Hall–Kier alpha value is -1.34. The van der Waals surface area contributed by atoms with E-state index >= 15 is 0 Å². The van der Waals surface area contributed by atoms with Gasteiger partial charge in [-0.05, 0) is 47.8 Å². The third-order valence-corrected chi connectivity index (χ3v) is 5.14. The highest BCUT2D eigenvalue weighted by Gasteiger charge is 2.30. The third kappa shape index (κ3) is 3.52. The first kappa shape index (κ1) is 15.6. The number of halogens is 1. The summed E-state index contributed by atoms with van der Waals surface area (Å²) in [6, 6.07) is 7.57. The lowest BCUT2D eigenvalue weighted by atomic mass is 10.3. The van der Waals surface area contributed by atoms with Gasteiger partial charge in [-0.3, -0.25) is 4.79 Å². The fourth-order valence-electron chi connectivity index (χ4n) is 2.23. The van der Waals surface area contributed by atoms with Gasteiger partial charge in [-0.2, -0.15) is 0 Å². The molecule has 1 aliphatic carbocycles. The molecule has 0 saturated heterocycles. The highest BCUT2D eigenvalue weighted by atomic mass is 79.9. The average molecular weight is 381 g/mol. The van der Waals surface area contributed by atoms with E-state index in [1.807, 2.05) is 24.3 Å². The molecule has 1 amide bonds. The van der Waals surface area contributed by atoms with Gasteiger partial charge >= 0.3 is 0 Å². The first-order valence-electron chi connectivity index (χ1n) is 7.29. The maximum atomic E-state index is 12.1. The standard InChI is InChI=1S/C15H17BrN4OS/c1-2-20-14(10-7-8-10)18-19-15(20)22-9-13(21)17-12-6-4-3-5-11(12)16/h3-6,10H,2,7-9H2,1H3,(H,17,21). The minimum atomic E-state index is -0.0458. The predicted octanol–water partition coefficient (Wildman–Crippen LogP) is 3.67. The van der Waals surface area contributed by atoms with Crippen LogP contribution in [0, 0.1) is 0 Å². The monoisotopic (exact) mass is 380 g/mol. The average Bonchev–Trinajstić information content (AvgIpc) is 3.27. The highest BCUT2D eigenvalue weighted by Crippen LogP contribution is 2.39. The van der Waals surface area contributed by atoms with E-state index in [0.717, 1.165) is 27.7 Å². The van der Waals surface area contributed by atoms with Gasteiger partial charge in [0.1, 0.15) is 5.82 Å². The smallest absolute Gasteiger partial charge is 0.234 e. The van der Waals surface area contributed by atoms with Crippen molar-refractivity contribution in [2.75, 3.05) is 11.1 Å². The Kier molecular flexibility index (Phi) is 4.83. The fourth-order valence-corrected chi connectivity index (χ4v) is 3.42. The van der Waals surface area contributed by atoms with E-state index in [-0.39, 0.29) is 5.91 Å². The number of hydrogen-bond donors (Lipinski definition) is 1. The topological polar surface area (TPSA) is 59.8 Å². The SMILES string of the molecule is CCn1c(SCC(=O)Nc2ccccc2Br)nnc1C1CC1. The van der Waals surface area contributed by atoms with E-state index in [9.17, 15) is 4.79 Å².